The summed E-state index contributed by atoms with van der Waals surface area (Å²) in [7, 11) is 0. The fraction of sp³-hybridized carbons (Fsp3) is 0.800. The van der Waals surface area contributed by atoms with Crippen LogP contribution >= 0.6 is 0 Å². The van der Waals surface area contributed by atoms with Crippen LogP contribution in [0.5, 0.6) is 0 Å². The Balaban J connectivity index is 0.000000375. The predicted octanol–water partition coefficient (Wildman–Crippen LogP) is 4.51. The van der Waals surface area contributed by atoms with Crippen molar-refractivity contribution in [2.24, 2.45) is 0 Å². The summed E-state index contributed by atoms with van der Waals surface area (Å²) in [5.41, 5.74) is -0.722. The molecule has 0 aromatic heterocycles. The third-order valence-corrected chi connectivity index (χ3v) is 5.71. The Morgan fingerprint density at radius 2 is 1.50 bits per heavy atom. The largest absolute Gasteiger partial charge is 0.480 e. The van der Waals surface area contributed by atoms with Crippen molar-refractivity contribution in [3.05, 3.63) is 12.7 Å². The van der Waals surface area contributed by atoms with Crippen LogP contribution in [0.25, 0.3) is 0 Å². The Hall–Kier alpha value is -2.29. The molecule has 2 rings (SSSR count). The van der Waals surface area contributed by atoms with E-state index in [0.717, 1.165) is 12.1 Å². The van der Waals surface area contributed by atoms with Crippen molar-refractivity contribution in [3.63, 3.8) is 0 Å². The lowest BCUT2D eigenvalue weighted by atomic mass is 9.91. The molecule has 2 aliphatic carbocycles. The standard InChI is InChI=1S/C13H22N2O6.C12H23N/c1-5-8-20-11(18)14-7-6-9(10(16)17)15-12(19)21-13(2,3)4;1-3-7-11(8-4-1)13-12-9-5-2-6-10-12/h5,9H,1,6-8H2,2-4H3,(H,14,18)(H,15,19)(H,16,17);11-13H,1-10H2/t9-;/m1./s1. The smallest absolute Gasteiger partial charge is 0.408 e. The second-order valence-corrected chi connectivity index (χ2v) is 9.98. The van der Waals surface area contributed by atoms with Gasteiger partial charge in [0.05, 0.1) is 0 Å². The van der Waals surface area contributed by atoms with Crippen LogP contribution in [-0.2, 0) is 14.3 Å². The highest BCUT2D eigenvalue weighted by Gasteiger charge is 2.24. The minimum absolute atomic E-state index is 0.00222. The molecular weight excluding hydrogens is 438 g/mol. The zero-order chi connectivity index (χ0) is 25.4. The van der Waals surface area contributed by atoms with E-state index in [-0.39, 0.29) is 19.6 Å². The molecule has 4 N–H and O–H groups in total. The van der Waals surface area contributed by atoms with Crippen LogP contribution in [-0.4, -0.2) is 60.1 Å². The monoisotopic (exact) mass is 483 g/mol. The van der Waals surface area contributed by atoms with Crippen LogP contribution in [0, 0.1) is 0 Å². The topological polar surface area (TPSA) is 126 Å². The zero-order valence-corrected chi connectivity index (χ0v) is 21.2. The molecule has 0 aromatic rings. The van der Waals surface area contributed by atoms with E-state index in [1.54, 1.807) is 20.8 Å². The van der Waals surface area contributed by atoms with Gasteiger partial charge < -0.3 is 30.5 Å². The van der Waals surface area contributed by atoms with Gasteiger partial charge in [-0.05, 0) is 52.9 Å². The lowest BCUT2D eigenvalue weighted by molar-refractivity contribution is -0.139. The minimum atomic E-state index is -1.22. The van der Waals surface area contributed by atoms with Gasteiger partial charge in [-0.15, -0.1) is 0 Å². The number of hydrogen-bond acceptors (Lipinski definition) is 6. The maximum atomic E-state index is 11.5. The summed E-state index contributed by atoms with van der Waals surface area (Å²) in [5, 5.41) is 17.4. The SMILES string of the molecule is C1CCC(NC2CCCCC2)CC1.C=CCOC(=O)NCC[C@@H](NC(=O)OC(C)(C)C)C(=O)O. The zero-order valence-electron chi connectivity index (χ0n) is 21.2. The Bertz CT molecular complexity index is 607. The van der Waals surface area contributed by atoms with Crippen molar-refractivity contribution >= 4 is 18.2 Å². The second kappa shape index (κ2) is 16.4. The molecule has 2 saturated carbocycles. The van der Waals surface area contributed by atoms with Gasteiger partial charge in [0.25, 0.3) is 0 Å². The summed E-state index contributed by atoms with van der Waals surface area (Å²) in [4.78, 5) is 33.6. The van der Waals surface area contributed by atoms with E-state index >= 15 is 0 Å². The average molecular weight is 484 g/mol. The molecule has 0 aromatic carbocycles. The van der Waals surface area contributed by atoms with Crippen LogP contribution in [0.1, 0.15) is 91.4 Å². The van der Waals surface area contributed by atoms with E-state index in [0.29, 0.717) is 0 Å². The van der Waals surface area contributed by atoms with E-state index < -0.39 is 29.8 Å². The van der Waals surface area contributed by atoms with Crippen LogP contribution in [0.3, 0.4) is 0 Å². The Labute approximate surface area is 204 Å². The number of carboxylic acids is 1. The molecule has 34 heavy (non-hydrogen) atoms. The number of ether oxygens (including phenoxy) is 2. The first-order chi connectivity index (χ1) is 16.1. The lowest BCUT2D eigenvalue weighted by Gasteiger charge is -2.30. The van der Waals surface area contributed by atoms with Crippen LogP contribution < -0.4 is 16.0 Å². The summed E-state index contributed by atoms with van der Waals surface area (Å²) >= 11 is 0. The van der Waals surface area contributed by atoms with Crippen LogP contribution in [0.15, 0.2) is 12.7 Å². The fourth-order valence-corrected chi connectivity index (χ4v) is 4.08. The third kappa shape index (κ3) is 14.8. The van der Waals surface area contributed by atoms with E-state index in [2.05, 4.69) is 27.3 Å². The molecule has 9 heteroatoms. The van der Waals surface area contributed by atoms with E-state index in [1.807, 2.05) is 0 Å². The summed E-state index contributed by atoms with van der Waals surface area (Å²) < 4.78 is 9.62. The maximum absolute atomic E-state index is 11.5. The van der Waals surface area contributed by atoms with Gasteiger partial charge in [-0.25, -0.2) is 14.4 Å². The number of nitrogens with one attached hydrogen (secondary N) is 3. The van der Waals surface area contributed by atoms with E-state index in [9.17, 15) is 14.4 Å². The molecule has 196 valence electrons. The maximum Gasteiger partial charge on any atom is 0.408 e. The average Bonchev–Trinajstić information content (AvgIpc) is 2.77. The molecule has 2 fully saturated rings. The van der Waals surface area contributed by atoms with Gasteiger partial charge in [-0.2, -0.15) is 0 Å². The number of carboxylic acid groups (broad SMARTS) is 1. The first-order valence-corrected chi connectivity index (χ1v) is 12.6. The molecular formula is C25H45N3O6. The van der Waals surface area contributed by atoms with Crippen LogP contribution in [0.2, 0.25) is 0 Å². The highest BCUT2D eigenvalue weighted by molar-refractivity contribution is 5.80. The minimum Gasteiger partial charge on any atom is -0.480 e. The number of hydrogen-bond donors (Lipinski definition) is 4. The van der Waals surface area contributed by atoms with Crippen molar-refractivity contribution in [3.8, 4) is 0 Å². The lowest BCUT2D eigenvalue weighted by Crippen LogP contribution is -2.45. The number of rotatable bonds is 9. The molecule has 2 amide bonds. The predicted molar refractivity (Wildman–Crippen MR) is 132 cm³/mol. The van der Waals surface area contributed by atoms with Gasteiger partial charge in [-0.3, -0.25) is 0 Å². The van der Waals surface area contributed by atoms with Gasteiger partial charge in [0.15, 0.2) is 0 Å². The Morgan fingerprint density at radius 1 is 0.971 bits per heavy atom. The van der Waals surface area contributed by atoms with Crippen molar-refractivity contribution in [1.29, 1.82) is 0 Å². The molecule has 0 heterocycles. The summed E-state index contributed by atoms with van der Waals surface area (Å²) in [6.45, 7) is 8.47. The molecule has 0 unspecified atom stereocenters. The molecule has 2 aliphatic rings. The van der Waals surface area contributed by atoms with Crippen molar-refractivity contribution in [2.45, 2.75) is 115 Å². The second-order valence-electron chi connectivity index (χ2n) is 9.98. The molecule has 9 nitrogen and oxygen atoms in total. The molecule has 0 aliphatic heterocycles. The van der Waals surface area contributed by atoms with Gasteiger partial charge in [0.1, 0.15) is 18.2 Å². The molecule has 0 spiro atoms. The molecule has 0 bridgehead atoms. The molecule has 0 saturated heterocycles. The fourth-order valence-electron chi connectivity index (χ4n) is 4.08. The number of alkyl carbamates (subject to hydrolysis) is 2. The van der Waals surface area contributed by atoms with Crippen molar-refractivity contribution in [1.82, 2.24) is 16.0 Å². The summed E-state index contributed by atoms with van der Waals surface area (Å²) in [5.74, 6) is -1.22. The number of aliphatic carboxylic acids is 1. The highest BCUT2D eigenvalue weighted by atomic mass is 16.6. The van der Waals surface area contributed by atoms with Gasteiger partial charge in [0, 0.05) is 18.6 Å². The number of carbonyl (C=O) groups excluding carboxylic acids is 2. The number of amides is 2. The van der Waals surface area contributed by atoms with Crippen molar-refractivity contribution < 1.29 is 29.0 Å². The molecule has 0 radical (unpaired) electrons. The normalized spacial score (nSPS) is 18.0. The van der Waals surface area contributed by atoms with E-state index in [1.165, 1.54) is 70.3 Å². The quantitative estimate of drug-likeness (QED) is 0.356. The first kappa shape index (κ1) is 29.7. The van der Waals surface area contributed by atoms with Gasteiger partial charge in [-0.1, -0.05) is 51.2 Å². The van der Waals surface area contributed by atoms with Crippen molar-refractivity contribution in [2.75, 3.05) is 13.2 Å². The first-order valence-electron chi connectivity index (χ1n) is 12.6. The third-order valence-electron chi connectivity index (χ3n) is 5.71. The van der Waals surface area contributed by atoms with Crippen LogP contribution in [0.4, 0.5) is 9.59 Å². The van der Waals surface area contributed by atoms with Gasteiger partial charge >= 0.3 is 18.2 Å². The Kier molecular flexibility index (Phi) is 14.3. The highest BCUT2D eigenvalue weighted by Crippen LogP contribution is 2.22. The molecule has 1 atom stereocenters. The Morgan fingerprint density at radius 3 is 1.94 bits per heavy atom. The summed E-state index contributed by atoms with van der Waals surface area (Å²) in [6, 6.07) is 0.577. The summed E-state index contributed by atoms with van der Waals surface area (Å²) in [6.07, 6.45) is 14.5. The van der Waals surface area contributed by atoms with Gasteiger partial charge in [0.2, 0.25) is 0 Å². The van der Waals surface area contributed by atoms with E-state index in [4.69, 9.17) is 9.84 Å². The number of carbonyl (C=O) groups is 3.